The normalized spacial score (nSPS) is 15.7. The van der Waals surface area contributed by atoms with E-state index in [9.17, 15) is 0 Å². The van der Waals surface area contributed by atoms with E-state index in [-0.39, 0.29) is 0 Å². The topological polar surface area (TPSA) is 33.7 Å². The zero-order valence-electron chi connectivity index (χ0n) is 12.6. The molecule has 0 amide bonds. The van der Waals surface area contributed by atoms with Crippen LogP contribution < -0.4 is 10.2 Å². The number of nitrogens with one attached hydrogen (secondary N) is 1. The largest absolute Gasteiger partial charge is 0.383 e. The lowest BCUT2D eigenvalue weighted by Crippen LogP contribution is -2.36. The van der Waals surface area contributed by atoms with E-state index in [0.29, 0.717) is 5.92 Å². The Balaban J connectivity index is 1.71. The van der Waals surface area contributed by atoms with Crippen LogP contribution in [0, 0.1) is 5.92 Å². The Labute approximate surface area is 122 Å². The molecule has 1 aromatic rings. The Morgan fingerprint density at radius 1 is 1.20 bits per heavy atom. The summed E-state index contributed by atoms with van der Waals surface area (Å²) in [6.07, 6.45) is 0. The first-order chi connectivity index (χ1) is 9.75. The van der Waals surface area contributed by atoms with Crippen LogP contribution >= 0.6 is 0 Å². The molecule has 0 aromatic heterocycles. The molecule has 1 heterocycles. The van der Waals surface area contributed by atoms with Gasteiger partial charge in [0.1, 0.15) is 0 Å². The van der Waals surface area contributed by atoms with E-state index in [1.165, 1.54) is 5.69 Å². The van der Waals surface area contributed by atoms with E-state index in [4.69, 9.17) is 9.47 Å². The molecule has 1 aliphatic heterocycles. The monoisotopic (exact) mass is 278 g/mol. The summed E-state index contributed by atoms with van der Waals surface area (Å²) in [4.78, 5) is 2.36. The Kier molecular flexibility index (Phi) is 6.15. The molecule has 0 aliphatic carbocycles. The van der Waals surface area contributed by atoms with Crippen molar-refractivity contribution in [2.45, 2.75) is 13.8 Å². The summed E-state index contributed by atoms with van der Waals surface area (Å²) >= 11 is 0. The second kappa shape index (κ2) is 8.12. The molecule has 0 unspecified atom stereocenters. The van der Waals surface area contributed by atoms with E-state index < -0.39 is 0 Å². The van der Waals surface area contributed by atoms with Gasteiger partial charge in [-0.25, -0.2) is 0 Å². The summed E-state index contributed by atoms with van der Waals surface area (Å²) in [6, 6.07) is 8.60. The number of ether oxygens (including phenoxy) is 2. The SMILES string of the molecule is CC(C)COCCNc1ccc(N2CCOCC2)cc1. The first-order valence-corrected chi connectivity index (χ1v) is 7.50. The van der Waals surface area contributed by atoms with Gasteiger partial charge in [0.2, 0.25) is 0 Å². The number of hydrogen-bond donors (Lipinski definition) is 1. The van der Waals surface area contributed by atoms with Crippen molar-refractivity contribution in [3.63, 3.8) is 0 Å². The minimum absolute atomic E-state index is 0.600. The molecule has 20 heavy (non-hydrogen) atoms. The third kappa shape index (κ3) is 5.02. The number of hydrogen-bond acceptors (Lipinski definition) is 4. The highest BCUT2D eigenvalue weighted by molar-refractivity contribution is 5.55. The highest BCUT2D eigenvalue weighted by Gasteiger charge is 2.10. The molecule has 0 atom stereocenters. The summed E-state index contributed by atoms with van der Waals surface area (Å²) in [7, 11) is 0. The van der Waals surface area contributed by atoms with Gasteiger partial charge in [0, 0.05) is 37.6 Å². The first-order valence-electron chi connectivity index (χ1n) is 7.50. The van der Waals surface area contributed by atoms with Gasteiger partial charge in [-0.3, -0.25) is 0 Å². The summed E-state index contributed by atoms with van der Waals surface area (Å²) in [5.74, 6) is 0.600. The molecule has 1 aliphatic rings. The molecule has 0 saturated carbocycles. The van der Waals surface area contributed by atoms with E-state index in [0.717, 1.165) is 51.7 Å². The van der Waals surface area contributed by atoms with Crippen molar-refractivity contribution in [1.29, 1.82) is 0 Å². The molecular weight excluding hydrogens is 252 g/mol. The standard InChI is InChI=1S/C16H26N2O2/c1-14(2)13-20-10-7-17-15-3-5-16(6-4-15)18-8-11-19-12-9-18/h3-6,14,17H,7-13H2,1-2H3. The van der Waals surface area contributed by atoms with Crippen LogP contribution in [-0.4, -0.2) is 46.1 Å². The van der Waals surface area contributed by atoms with E-state index in [2.05, 4.69) is 48.3 Å². The number of anilines is 2. The number of rotatable bonds is 7. The van der Waals surface area contributed by atoms with Crippen LogP contribution in [0.15, 0.2) is 24.3 Å². The fraction of sp³-hybridized carbons (Fsp3) is 0.625. The molecule has 1 fully saturated rings. The highest BCUT2D eigenvalue weighted by Crippen LogP contribution is 2.18. The molecule has 0 spiro atoms. The predicted octanol–water partition coefficient (Wildman–Crippen LogP) is 2.61. The van der Waals surface area contributed by atoms with Crippen LogP contribution in [0.2, 0.25) is 0 Å². The zero-order chi connectivity index (χ0) is 14.2. The minimum Gasteiger partial charge on any atom is -0.383 e. The maximum atomic E-state index is 5.55. The fourth-order valence-electron chi connectivity index (χ4n) is 2.20. The molecule has 2 rings (SSSR count). The molecule has 4 heteroatoms. The molecular formula is C16H26N2O2. The Morgan fingerprint density at radius 2 is 1.90 bits per heavy atom. The van der Waals surface area contributed by atoms with Crippen molar-refractivity contribution in [2.24, 2.45) is 5.92 Å². The Morgan fingerprint density at radius 3 is 2.55 bits per heavy atom. The summed E-state index contributed by atoms with van der Waals surface area (Å²) in [5.41, 5.74) is 2.42. The highest BCUT2D eigenvalue weighted by atomic mass is 16.5. The molecule has 0 bridgehead atoms. The van der Waals surface area contributed by atoms with Crippen LogP contribution in [0.5, 0.6) is 0 Å². The van der Waals surface area contributed by atoms with Crippen molar-refractivity contribution >= 4 is 11.4 Å². The van der Waals surface area contributed by atoms with Gasteiger partial charge in [-0.1, -0.05) is 13.8 Å². The predicted molar refractivity (Wildman–Crippen MR) is 83.6 cm³/mol. The third-order valence-electron chi connectivity index (χ3n) is 3.27. The second-order valence-electron chi connectivity index (χ2n) is 5.54. The number of benzene rings is 1. The summed E-state index contributed by atoms with van der Waals surface area (Å²) in [6.45, 7) is 10.4. The van der Waals surface area contributed by atoms with E-state index >= 15 is 0 Å². The van der Waals surface area contributed by atoms with Gasteiger partial charge in [-0.2, -0.15) is 0 Å². The van der Waals surface area contributed by atoms with Gasteiger partial charge in [0.15, 0.2) is 0 Å². The quantitative estimate of drug-likeness (QED) is 0.777. The molecule has 1 saturated heterocycles. The fourth-order valence-corrected chi connectivity index (χ4v) is 2.20. The van der Waals surface area contributed by atoms with Crippen molar-refractivity contribution in [3.05, 3.63) is 24.3 Å². The number of morpholine rings is 1. The molecule has 112 valence electrons. The van der Waals surface area contributed by atoms with Crippen LogP contribution in [0.3, 0.4) is 0 Å². The molecule has 1 N–H and O–H groups in total. The van der Waals surface area contributed by atoms with Crippen molar-refractivity contribution in [3.8, 4) is 0 Å². The van der Waals surface area contributed by atoms with Crippen LogP contribution in [0.4, 0.5) is 11.4 Å². The first kappa shape index (κ1) is 15.1. The molecule has 4 nitrogen and oxygen atoms in total. The Hall–Kier alpha value is -1.26. The smallest absolute Gasteiger partial charge is 0.0642 e. The van der Waals surface area contributed by atoms with Gasteiger partial charge >= 0.3 is 0 Å². The van der Waals surface area contributed by atoms with Gasteiger partial charge in [0.25, 0.3) is 0 Å². The van der Waals surface area contributed by atoms with Gasteiger partial charge in [-0.15, -0.1) is 0 Å². The maximum absolute atomic E-state index is 5.55. The van der Waals surface area contributed by atoms with E-state index in [1.54, 1.807) is 0 Å². The van der Waals surface area contributed by atoms with Crippen LogP contribution in [0.1, 0.15) is 13.8 Å². The Bertz CT molecular complexity index is 373. The average molecular weight is 278 g/mol. The number of nitrogens with zero attached hydrogens (tertiary/aromatic N) is 1. The van der Waals surface area contributed by atoms with Gasteiger partial charge < -0.3 is 19.7 Å². The summed E-state index contributed by atoms with van der Waals surface area (Å²) in [5, 5.41) is 3.38. The lowest BCUT2D eigenvalue weighted by Gasteiger charge is -2.28. The lowest BCUT2D eigenvalue weighted by molar-refractivity contribution is 0.118. The summed E-state index contributed by atoms with van der Waals surface area (Å²) < 4.78 is 10.9. The lowest BCUT2D eigenvalue weighted by atomic mass is 10.2. The van der Waals surface area contributed by atoms with Crippen molar-refractivity contribution in [2.75, 3.05) is 56.3 Å². The third-order valence-corrected chi connectivity index (χ3v) is 3.27. The van der Waals surface area contributed by atoms with E-state index in [1.807, 2.05) is 0 Å². The minimum atomic E-state index is 0.600. The maximum Gasteiger partial charge on any atom is 0.0642 e. The van der Waals surface area contributed by atoms with Gasteiger partial charge in [-0.05, 0) is 30.2 Å². The molecule has 0 radical (unpaired) electrons. The van der Waals surface area contributed by atoms with Gasteiger partial charge in [0.05, 0.1) is 19.8 Å². The van der Waals surface area contributed by atoms with Crippen molar-refractivity contribution in [1.82, 2.24) is 0 Å². The average Bonchev–Trinajstić information content (AvgIpc) is 2.48. The van der Waals surface area contributed by atoms with Crippen LogP contribution in [0.25, 0.3) is 0 Å². The second-order valence-corrected chi connectivity index (χ2v) is 5.54. The van der Waals surface area contributed by atoms with Crippen LogP contribution in [-0.2, 0) is 9.47 Å². The zero-order valence-corrected chi connectivity index (χ0v) is 12.6. The molecule has 1 aromatic carbocycles. The van der Waals surface area contributed by atoms with Crippen molar-refractivity contribution < 1.29 is 9.47 Å².